The monoisotopic (exact) mass is 437 g/mol. The highest BCUT2D eigenvalue weighted by molar-refractivity contribution is 6.76. The van der Waals surface area contributed by atoms with Crippen molar-refractivity contribution in [3.05, 3.63) is 22.1 Å². The molecular formula is C18H30F3N3O4Si. The van der Waals surface area contributed by atoms with E-state index < -0.39 is 25.4 Å². The van der Waals surface area contributed by atoms with Crippen LogP contribution in [0.5, 0.6) is 0 Å². The van der Waals surface area contributed by atoms with Crippen LogP contribution in [0.2, 0.25) is 25.7 Å². The summed E-state index contributed by atoms with van der Waals surface area (Å²) in [5.41, 5.74) is -2.66. The standard InChI is InChI=1S/C18H30F3N3O4Si/c1-29(2,3)10-9-28-13-24-17(26)16(18(19,20)21)15(11-22-24)23-6-4-5-14(23)12-27-8-7-25/h11,14,25H,4-10,12-13H2,1-3H3/t14-/m0/s1. The maximum atomic E-state index is 13.8. The van der Waals surface area contributed by atoms with Crippen LogP contribution in [-0.2, 0) is 22.4 Å². The lowest BCUT2D eigenvalue weighted by atomic mass is 10.2. The molecule has 0 saturated carbocycles. The molecule has 1 aliphatic heterocycles. The molecule has 11 heteroatoms. The van der Waals surface area contributed by atoms with E-state index in [1.807, 2.05) is 0 Å². The molecular weight excluding hydrogens is 407 g/mol. The Hall–Kier alpha value is -1.43. The molecule has 2 heterocycles. The quantitative estimate of drug-likeness (QED) is 0.448. The number of aliphatic hydroxyl groups excluding tert-OH is 1. The predicted octanol–water partition coefficient (Wildman–Crippen LogP) is 2.55. The molecule has 0 aliphatic carbocycles. The Morgan fingerprint density at radius 2 is 2.00 bits per heavy atom. The summed E-state index contributed by atoms with van der Waals surface area (Å²) in [4.78, 5) is 14.1. The SMILES string of the molecule is C[Si](C)(C)CCOCn1ncc(N2CCC[C@H]2COCCO)c(C(F)(F)F)c1=O. The largest absolute Gasteiger partial charge is 0.423 e. The summed E-state index contributed by atoms with van der Waals surface area (Å²) in [7, 11) is -1.35. The third-order valence-corrected chi connectivity index (χ3v) is 6.45. The Bertz CT molecular complexity index is 722. The van der Waals surface area contributed by atoms with Gasteiger partial charge in [-0.15, -0.1) is 0 Å². The van der Waals surface area contributed by atoms with Gasteiger partial charge >= 0.3 is 6.18 Å². The van der Waals surface area contributed by atoms with Crippen molar-refractivity contribution < 1.29 is 27.8 Å². The van der Waals surface area contributed by atoms with Gasteiger partial charge < -0.3 is 19.5 Å². The minimum Gasteiger partial charge on any atom is -0.394 e. The minimum absolute atomic E-state index is 0.116. The van der Waals surface area contributed by atoms with Crippen molar-refractivity contribution >= 4 is 13.8 Å². The van der Waals surface area contributed by atoms with E-state index in [9.17, 15) is 18.0 Å². The molecule has 1 saturated heterocycles. The lowest BCUT2D eigenvalue weighted by Crippen LogP contribution is -2.39. The Morgan fingerprint density at radius 3 is 2.62 bits per heavy atom. The fourth-order valence-electron chi connectivity index (χ4n) is 3.20. The second kappa shape index (κ2) is 10.1. The number of hydrogen-bond acceptors (Lipinski definition) is 6. The number of nitrogens with zero attached hydrogens (tertiary/aromatic N) is 3. The normalized spacial score (nSPS) is 17.9. The molecule has 1 aromatic heterocycles. The van der Waals surface area contributed by atoms with E-state index in [-0.39, 0.29) is 38.3 Å². The van der Waals surface area contributed by atoms with Gasteiger partial charge in [-0.1, -0.05) is 19.6 Å². The van der Waals surface area contributed by atoms with Crippen LogP contribution < -0.4 is 10.5 Å². The number of aliphatic hydroxyl groups is 1. The summed E-state index contributed by atoms with van der Waals surface area (Å²) in [6, 6.07) is 0.544. The summed E-state index contributed by atoms with van der Waals surface area (Å²) in [6.45, 7) is 7.07. The van der Waals surface area contributed by atoms with E-state index >= 15 is 0 Å². The van der Waals surface area contributed by atoms with E-state index in [0.29, 0.717) is 26.0 Å². The lowest BCUT2D eigenvalue weighted by Gasteiger charge is -2.28. The molecule has 7 nitrogen and oxygen atoms in total. The number of rotatable bonds is 10. The van der Waals surface area contributed by atoms with Crippen LogP contribution in [0, 0.1) is 0 Å². The first kappa shape index (κ1) is 23.8. The highest BCUT2D eigenvalue weighted by Crippen LogP contribution is 2.36. The van der Waals surface area contributed by atoms with Crippen LogP contribution in [0.3, 0.4) is 0 Å². The van der Waals surface area contributed by atoms with Crippen molar-refractivity contribution in [3.63, 3.8) is 0 Å². The highest BCUT2D eigenvalue weighted by atomic mass is 28.3. The van der Waals surface area contributed by atoms with Crippen molar-refractivity contribution in [2.45, 2.75) is 57.5 Å². The predicted molar refractivity (Wildman–Crippen MR) is 106 cm³/mol. The first-order valence-corrected chi connectivity index (χ1v) is 13.5. The Balaban J connectivity index is 2.23. The third kappa shape index (κ3) is 6.80. The summed E-state index contributed by atoms with van der Waals surface area (Å²) in [5.74, 6) is 0. The second-order valence-electron chi connectivity index (χ2n) is 8.34. The molecule has 29 heavy (non-hydrogen) atoms. The van der Waals surface area contributed by atoms with Crippen molar-refractivity contribution in [1.29, 1.82) is 0 Å². The van der Waals surface area contributed by atoms with Gasteiger partial charge in [0.2, 0.25) is 0 Å². The number of hydrogen-bond donors (Lipinski definition) is 1. The average molecular weight is 438 g/mol. The van der Waals surface area contributed by atoms with Gasteiger partial charge in [-0.3, -0.25) is 4.79 Å². The van der Waals surface area contributed by atoms with Gasteiger partial charge in [0.25, 0.3) is 5.56 Å². The zero-order valence-electron chi connectivity index (χ0n) is 17.2. The number of alkyl halides is 3. The first-order chi connectivity index (χ1) is 13.5. The fraction of sp³-hybridized carbons (Fsp3) is 0.778. The number of anilines is 1. The van der Waals surface area contributed by atoms with Crippen LogP contribution >= 0.6 is 0 Å². The van der Waals surface area contributed by atoms with Gasteiger partial charge in [-0.25, -0.2) is 4.68 Å². The summed E-state index contributed by atoms with van der Waals surface area (Å²) < 4.78 is 52.7. The molecule has 0 amide bonds. The van der Waals surface area contributed by atoms with E-state index in [2.05, 4.69) is 24.7 Å². The fourth-order valence-corrected chi connectivity index (χ4v) is 3.95. The molecule has 0 bridgehead atoms. The van der Waals surface area contributed by atoms with E-state index in [1.54, 1.807) is 0 Å². The first-order valence-electron chi connectivity index (χ1n) is 9.75. The summed E-state index contributed by atoms with van der Waals surface area (Å²) in [6.07, 6.45) is -2.38. The maximum Gasteiger partial charge on any atom is 0.423 e. The smallest absolute Gasteiger partial charge is 0.394 e. The third-order valence-electron chi connectivity index (χ3n) is 4.75. The molecule has 1 atom stereocenters. The van der Waals surface area contributed by atoms with Crippen LogP contribution in [0.25, 0.3) is 0 Å². The topological polar surface area (TPSA) is 76.8 Å². The molecule has 0 spiro atoms. The lowest BCUT2D eigenvalue weighted by molar-refractivity contribution is -0.138. The zero-order valence-corrected chi connectivity index (χ0v) is 18.2. The van der Waals surface area contributed by atoms with Gasteiger partial charge in [-0.05, 0) is 18.9 Å². The molecule has 1 aromatic rings. The maximum absolute atomic E-state index is 13.8. The highest BCUT2D eigenvalue weighted by Gasteiger charge is 2.41. The Kier molecular flexibility index (Phi) is 8.26. The van der Waals surface area contributed by atoms with E-state index in [1.165, 1.54) is 4.90 Å². The van der Waals surface area contributed by atoms with Crippen LogP contribution in [0.15, 0.2) is 11.0 Å². The molecule has 2 rings (SSSR count). The second-order valence-corrected chi connectivity index (χ2v) is 14.0. The number of halogens is 3. The van der Waals surface area contributed by atoms with Gasteiger partial charge in [0, 0.05) is 21.2 Å². The van der Waals surface area contributed by atoms with Crippen LogP contribution in [-0.4, -0.2) is 62.0 Å². The molecule has 1 N–H and O–H groups in total. The van der Waals surface area contributed by atoms with E-state index in [0.717, 1.165) is 16.9 Å². The average Bonchev–Trinajstić information content (AvgIpc) is 3.06. The van der Waals surface area contributed by atoms with Crippen molar-refractivity contribution in [2.75, 3.05) is 37.9 Å². The molecule has 0 unspecified atom stereocenters. The van der Waals surface area contributed by atoms with Gasteiger partial charge in [0.15, 0.2) is 0 Å². The van der Waals surface area contributed by atoms with Crippen LogP contribution in [0.1, 0.15) is 18.4 Å². The number of ether oxygens (including phenoxy) is 2. The van der Waals surface area contributed by atoms with Crippen molar-refractivity contribution in [3.8, 4) is 0 Å². The van der Waals surface area contributed by atoms with E-state index in [4.69, 9.17) is 14.6 Å². The molecule has 0 radical (unpaired) electrons. The Morgan fingerprint density at radius 1 is 1.28 bits per heavy atom. The summed E-state index contributed by atoms with van der Waals surface area (Å²) >= 11 is 0. The molecule has 0 aromatic carbocycles. The van der Waals surface area contributed by atoms with Crippen molar-refractivity contribution in [2.24, 2.45) is 0 Å². The number of aromatic nitrogens is 2. The van der Waals surface area contributed by atoms with Gasteiger partial charge in [-0.2, -0.15) is 18.3 Å². The zero-order chi connectivity index (χ0) is 21.7. The van der Waals surface area contributed by atoms with Gasteiger partial charge in [0.1, 0.15) is 12.3 Å². The molecule has 166 valence electrons. The van der Waals surface area contributed by atoms with Gasteiger partial charge in [0.05, 0.1) is 37.7 Å². The molecule has 1 fully saturated rings. The minimum atomic E-state index is -4.81. The van der Waals surface area contributed by atoms with Crippen LogP contribution in [0.4, 0.5) is 18.9 Å². The Labute approximate surface area is 169 Å². The molecule has 1 aliphatic rings. The summed E-state index contributed by atoms with van der Waals surface area (Å²) in [5, 5.41) is 12.8. The van der Waals surface area contributed by atoms with Crippen molar-refractivity contribution in [1.82, 2.24) is 9.78 Å².